The zero-order valence-corrected chi connectivity index (χ0v) is 16.2. The number of rotatable bonds is 4. The van der Waals surface area contributed by atoms with Crippen LogP contribution in [-0.4, -0.2) is 36.6 Å². The number of H-pyrrole nitrogens is 1. The molecular formula is C18H27Cl2N3O. The Morgan fingerprint density at radius 2 is 1.92 bits per heavy atom. The van der Waals surface area contributed by atoms with Crippen molar-refractivity contribution in [1.29, 1.82) is 0 Å². The van der Waals surface area contributed by atoms with E-state index in [-0.39, 0.29) is 30.4 Å². The molecule has 2 aromatic rings. The monoisotopic (exact) mass is 371 g/mol. The summed E-state index contributed by atoms with van der Waals surface area (Å²) in [7, 11) is 2.08. The lowest BCUT2D eigenvalue weighted by Crippen LogP contribution is -2.30. The van der Waals surface area contributed by atoms with Crippen LogP contribution >= 0.6 is 24.8 Å². The van der Waals surface area contributed by atoms with Crippen molar-refractivity contribution in [3.05, 3.63) is 39.7 Å². The van der Waals surface area contributed by atoms with E-state index in [2.05, 4.69) is 53.9 Å². The van der Waals surface area contributed by atoms with E-state index < -0.39 is 0 Å². The Labute approximate surface area is 156 Å². The lowest BCUT2D eigenvalue weighted by Gasteiger charge is -2.28. The molecule has 4 nitrogen and oxygen atoms in total. The second-order valence-electron chi connectivity index (χ2n) is 6.15. The van der Waals surface area contributed by atoms with Gasteiger partial charge >= 0.3 is 0 Å². The molecule has 0 saturated carbocycles. The Morgan fingerprint density at radius 1 is 1.21 bits per heavy atom. The molecule has 1 aliphatic rings. The van der Waals surface area contributed by atoms with Crippen LogP contribution < -0.4 is 10.5 Å². The lowest BCUT2D eigenvalue weighted by atomic mass is 9.99. The molecule has 0 amide bonds. The highest BCUT2D eigenvalue weighted by molar-refractivity contribution is 5.93. The highest BCUT2D eigenvalue weighted by Crippen LogP contribution is 2.31. The van der Waals surface area contributed by atoms with Gasteiger partial charge in [-0.25, -0.2) is 0 Å². The van der Waals surface area contributed by atoms with Crippen LogP contribution in [0.15, 0.2) is 23.0 Å². The number of anilines is 1. The van der Waals surface area contributed by atoms with Crippen molar-refractivity contribution in [2.24, 2.45) is 0 Å². The smallest absolute Gasteiger partial charge is 0.253 e. The zero-order valence-electron chi connectivity index (χ0n) is 14.6. The molecule has 0 spiro atoms. The predicted octanol–water partition coefficient (Wildman–Crippen LogP) is 3.60. The third-order valence-corrected chi connectivity index (χ3v) is 4.75. The molecule has 1 aromatic carbocycles. The average Bonchev–Trinajstić information content (AvgIpc) is 2.53. The van der Waals surface area contributed by atoms with Gasteiger partial charge in [-0.15, -0.1) is 24.8 Å². The van der Waals surface area contributed by atoms with E-state index in [4.69, 9.17) is 0 Å². The van der Waals surface area contributed by atoms with Crippen molar-refractivity contribution in [3.63, 3.8) is 0 Å². The van der Waals surface area contributed by atoms with Crippen LogP contribution in [0, 0.1) is 0 Å². The van der Waals surface area contributed by atoms with E-state index >= 15 is 0 Å². The van der Waals surface area contributed by atoms with Gasteiger partial charge in [-0.05, 0) is 37.6 Å². The largest absolute Gasteiger partial charge is 0.374 e. The highest BCUT2D eigenvalue weighted by atomic mass is 35.5. The number of aromatic nitrogens is 1. The van der Waals surface area contributed by atoms with E-state index in [9.17, 15) is 4.79 Å². The standard InChI is InChI=1S/C18H25N3O.2ClH/c1-4-21(5-2)12-13-8-9-14-16(11-13)19-18(22)15-7-6-10-20(3)17(14)15;;/h8-9,11H,4-7,10,12H2,1-3H3,(H,19,22);2*1H. The second kappa shape index (κ2) is 8.75. The number of hydrogen-bond donors (Lipinski definition) is 1. The minimum atomic E-state index is 0. The van der Waals surface area contributed by atoms with E-state index in [1.165, 1.54) is 10.9 Å². The fourth-order valence-corrected chi connectivity index (χ4v) is 3.45. The quantitative estimate of drug-likeness (QED) is 0.892. The first-order valence-corrected chi connectivity index (χ1v) is 8.25. The van der Waals surface area contributed by atoms with Gasteiger partial charge in [0.05, 0.1) is 11.2 Å². The molecule has 2 heterocycles. The summed E-state index contributed by atoms with van der Waals surface area (Å²) >= 11 is 0. The number of pyridine rings is 1. The number of aromatic amines is 1. The van der Waals surface area contributed by atoms with Crippen LogP contribution in [0.5, 0.6) is 0 Å². The maximum atomic E-state index is 12.4. The molecule has 134 valence electrons. The summed E-state index contributed by atoms with van der Waals surface area (Å²) in [5.74, 6) is 0. The first kappa shape index (κ1) is 20.8. The summed E-state index contributed by atoms with van der Waals surface area (Å²) < 4.78 is 0. The minimum absolute atomic E-state index is 0. The van der Waals surface area contributed by atoms with Crippen molar-refractivity contribution in [3.8, 4) is 0 Å². The summed E-state index contributed by atoms with van der Waals surface area (Å²) in [6.07, 6.45) is 1.93. The fourth-order valence-electron chi connectivity index (χ4n) is 3.45. The van der Waals surface area contributed by atoms with Gasteiger partial charge in [-0.1, -0.05) is 26.0 Å². The van der Waals surface area contributed by atoms with Crippen LogP contribution in [0.1, 0.15) is 31.4 Å². The molecule has 0 radical (unpaired) electrons. The number of halogens is 2. The molecule has 0 bridgehead atoms. The zero-order chi connectivity index (χ0) is 15.7. The molecule has 3 rings (SSSR count). The average molecular weight is 372 g/mol. The Balaban J connectivity index is 0.00000144. The molecule has 24 heavy (non-hydrogen) atoms. The normalized spacial score (nSPS) is 13.4. The molecule has 0 fully saturated rings. The number of fused-ring (bicyclic) bond motifs is 3. The van der Waals surface area contributed by atoms with Gasteiger partial charge in [0.2, 0.25) is 0 Å². The van der Waals surface area contributed by atoms with Crippen molar-refractivity contribution >= 4 is 41.4 Å². The summed E-state index contributed by atoms with van der Waals surface area (Å²) in [6.45, 7) is 8.39. The Hall–Kier alpha value is -1.23. The predicted molar refractivity (Wildman–Crippen MR) is 107 cm³/mol. The van der Waals surface area contributed by atoms with Gasteiger partial charge in [0.1, 0.15) is 0 Å². The van der Waals surface area contributed by atoms with Crippen LogP contribution in [0.2, 0.25) is 0 Å². The van der Waals surface area contributed by atoms with E-state index in [0.717, 1.165) is 55.8 Å². The molecule has 0 atom stereocenters. The first-order chi connectivity index (χ1) is 10.6. The molecule has 0 saturated heterocycles. The van der Waals surface area contributed by atoms with E-state index in [1.54, 1.807) is 0 Å². The number of hydrogen-bond acceptors (Lipinski definition) is 3. The van der Waals surface area contributed by atoms with E-state index in [1.807, 2.05) is 0 Å². The maximum absolute atomic E-state index is 12.4. The first-order valence-electron chi connectivity index (χ1n) is 8.25. The molecule has 0 unspecified atom stereocenters. The fraction of sp³-hybridized carbons (Fsp3) is 0.500. The third kappa shape index (κ3) is 3.88. The SMILES string of the molecule is CCN(CC)Cc1ccc2c3c(c(=O)[nH]c2c1)CCCN3C.Cl.Cl. The van der Waals surface area contributed by atoms with Crippen molar-refractivity contribution in [1.82, 2.24) is 9.88 Å². The van der Waals surface area contributed by atoms with Crippen molar-refractivity contribution < 1.29 is 0 Å². The molecule has 1 aliphatic heterocycles. The highest BCUT2D eigenvalue weighted by Gasteiger charge is 2.20. The molecular weight excluding hydrogens is 345 g/mol. The Bertz CT molecular complexity index is 741. The second-order valence-corrected chi connectivity index (χ2v) is 6.15. The number of nitrogens with zero attached hydrogens (tertiary/aromatic N) is 2. The number of nitrogens with one attached hydrogen (secondary N) is 1. The molecule has 0 aliphatic carbocycles. The maximum Gasteiger partial charge on any atom is 0.253 e. The summed E-state index contributed by atoms with van der Waals surface area (Å²) in [5, 5.41) is 1.17. The van der Waals surface area contributed by atoms with Crippen LogP contribution in [-0.2, 0) is 13.0 Å². The molecule has 6 heteroatoms. The van der Waals surface area contributed by atoms with Crippen molar-refractivity contribution in [2.45, 2.75) is 33.2 Å². The molecule has 1 aromatic heterocycles. The van der Waals surface area contributed by atoms with Crippen LogP contribution in [0.3, 0.4) is 0 Å². The van der Waals surface area contributed by atoms with Gasteiger partial charge < -0.3 is 9.88 Å². The van der Waals surface area contributed by atoms with Gasteiger partial charge in [0.25, 0.3) is 5.56 Å². The summed E-state index contributed by atoms with van der Waals surface area (Å²) in [6, 6.07) is 6.50. The van der Waals surface area contributed by atoms with E-state index in [0.29, 0.717) is 0 Å². The van der Waals surface area contributed by atoms with Gasteiger partial charge in [0, 0.05) is 31.1 Å². The Kier molecular flexibility index (Phi) is 7.58. The third-order valence-electron chi connectivity index (χ3n) is 4.75. The summed E-state index contributed by atoms with van der Waals surface area (Å²) in [4.78, 5) is 20.1. The van der Waals surface area contributed by atoms with Crippen LogP contribution in [0.25, 0.3) is 10.9 Å². The van der Waals surface area contributed by atoms with Crippen molar-refractivity contribution in [2.75, 3.05) is 31.6 Å². The van der Waals surface area contributed by atoms with Gasteiger partial charge in [-0.3, -0.25) is 9.69 Å². The Morgan fingerprint density at radius 3 is 2.58 bits per heavy atom. The van der Waals surface area contributed by atoms with Crippen LogP contribution in [0.4, 0.5) is 5.69 Å². The van der Waals surface area contributed by atoms with Gasteiger partial charge in [0.15, 0.2) is 0 Å². The topological polar surface area (TPSA) is 39.3 Å². The molecule has 1 N–H and O–H groups in total. The number of benzene rings is 1. The summed E-state index contributed by atoms with van der Waals surface area (Å²) in [5.41, 5.74) is 4.36. The minimum Gasteiger partial charge on any atom is -0.374 e. The van der Waals surface area contributed by atoms with Gasteiger partial charge in [-0.2, -0.15) is 0 Å². The lowest BCUT2D eigenvalue weighted by molar-refractivity contribution is 0.296.